The molecule has 300 valence electrons. The highest BCUT2D eigenvalue weighted by atomic mass is 16.5. The summed E-state index contributed by atoms with van der Waals surface area (Å²) in [5, 5.41) is 2.70. The van der Waals surface area contributed by atoms with Gasteiger partial charge in [0, 0.05) is 48.1 Å². The number of allylic oxidation sites excluding steroid dienone is 1. The molecule has 0 radical (unpaired) electrons. The first-order chi connectivity index (χ1) is 27.5. The monoisotopic (exact) mass is 774 g/mol. The average molecular weight is 775 g/mol. The first-order valence-electron chi connectivity index (χ1n) is 20.5. The number of fused-ring (bicyclic) bond motifs is 5. The van der Waals surface area contributed by atoms with E-state index in [1.807, 2.05) is 38.8 Å². The van der Waals surface area contributed by atoms with Gasteiger partial charge in [-0.2, -0.15) is 0 Å². The third-order valence-corrected chi connectivity index (χ3v) is 12.5. The first kappa shape index (κ1) is 39.9. The van der Waals surface area contributed by atoms with Gasteiger partial charge in [0.2, 0.25) is 11.8 Å². The molecule has 3 amide bonds. The molecule has 2 bridgehead atoms. The van der Waals surface area contributed by atoms with Crippen molar-refractivity contribution in [3.05, 3.63) is 63.9 Å². The van der Waals surface area contributed by atoms with Crippen LogP contribution in [0.2, 0.25) is 0 Å². The highest BCUT2D eigenvalue weighted by Gasteiger charge is 2.41. The lowest BCUT2D eigenvalue weighted by Crippen LogP contribution is -2.51. The standard InChI is InChI=1S/C45H54N6O6/c1-26(2)34(23-38(52)56-5)43(53)50-19-7-9-36(50)35-21-28(24-46-35)11-12-29-13-14-30(40-32-16-15-31(22-32)39(29)40)17-18-33-25-47-42(48-33)37-10-8-20-51(37)44(54)41(27(3)4)49-45(55)57-6/h13-14,24-27,31-32,34,36-37,41H,7-10,15-16,19-23H2,1-6H3,(H,47,48)(H,49,55)/t31?,32?,34-,36-,37+,41-/m0/s1. The second-order valence-electron chi connectivity index (χ2n) is 16.7. The van der Waals surface area contributed by atoms with Crippen LogP contribution in [0.3, 0.4) is 0 Å². The molecular weight excluding hydrogens is 721 g/mol. The van der Waals surface area contributed by atoms with Crippen LogP contribution < -0.4 is 5.32 Å². The van der Waals surface area contributed by atoms with Crippen molar-refractivity contribution < 1.29 is 28.7 Å². The molecule has 1 aromatic heterocycles. The average Bonchev–Trinajstić information content (AvgIpc) is 4.06. The van der Waals surface area contributed by atoms with Gasteiger partial charge >= 0.3 is 12.1 Å². The zero-order valence-corrected chi connectivity index (χ0v) is 33.9. The van der Waals surface area contributed by atoms with Crippen LogP contribution >= 0.6 is 0 Å². The lowest BCUT2D eigenvalue weighted by molar-refractivity contribution is -0.148. The molecule has 12 heteroatoms. The molecule has 3 aliphatic heterocycles. The number of benzene rings is 1. The number of amides is 3. The summed E-state index contributed by atoms with van der Waals surface area (Å²) in [4.78, 5) is 67.8. The Morgan fingerprint density at radius 1 is 0.842 bits per heavy atom. The molecule has 2 unspecified atom stereocenters. The molecule has 4 heterocycles. The number of ether oxygens (including phenoxy) is 2. The summed E-state index contributed by atoms with van der Waals surface area (Å²) in [5.41, 5.74) is 7.31. The SMILES string of the molecule is COC(=O)C[C@H](C(=O)N1CCC[C@H]1C1=NC=C(C#Cc2ccc(C#Cc3cnc([C@H]4CCCN4C(=O)[C@@H](NC(=O)OC)C(C)C)[nH]3)c3c2C2CCC3C2)C1)C(C)C. The Labute approximate surface area is 335 Å². The number of nitrogens with zero attached hydrogens (tertiary/aromatic N) is 4. The molecule has 3 fully saturated rings. The number of alkyl carbamates (subject to hydrolysis) is 1. The van der Waals surface area contributed by atoms with Gasteiger partial charge in [0.15, 0.2) is 0 Å². The van der Waals surface area contributed by atoms with E-state index < -0.39 is 18.1 Å². The minimum Gasteiger partial charge on any atom is -0.469 e. The number of nitrogens with one attached hydrogen (secondary N) is 2. The fourth-order valence-electron chi connectivity index (χ4n) is 9.47. The number of hydrogen-bond donors (Lipinski definition) is 2. The fourth-order valence-corrected chi connectivity index (χ4v) is 9.47. The summed E-state index contributed by atoms with van der Waals surface area (Å²) >= 11 is 0. The smallest absolute Gasteiger partial charge is 0.407 e. The van der Waals surface area contributed by atoms with E-state index in [1.165, 1.54) is 25.3 Å². The van der Waals surface area contributed by atoms with Crippen molar-refractivity contribution in [2.45, 2.75) is 115 Å². The number of aromatic nitrogens is 2. The Morgan fingerprint density at radius 3 is 2.12 bits per heavy atom. The minimum absolute atomic E-state index is 0.000454. The Morgan fingerprint density at radius 2 is 1.49 bits per heavy atom. The van der Waals surface area contributed by atoms with E-state index >= 15 is 0 Å². The number of H-pyrrole nitrogens is 1. The van der Waals surface area contributed by atoms with Gasteiger partial charge in [-0.25, -0.2) is 9.78 Å². The van der Waals surface area contributed by atoms with Crippen LogP contribution in [0.5, 0.6) is 0 Å². The predicted octanol–water partition coefficient (Wildman–Crippen LogP) is 6.12. The minimum atomic E-state index is -0.692. The van der Waals surface area contributed by atoms with Gasteiger partial charge in [0.1, 0.15) is 17.6 Å². The Kier molecular flexibility index (Phi) is 11.9. The topological polar surface area (TPSA) is 146 Å². The number of imidazole rings is 1. The fraction of sp³-hybridized carbons (Fsp3) is 0.556. The molecule has 2 N–H and O–H groups in total. The number of esters is 1. The van der Waals surface area contributed by atoms with Crippen LogP contribution in [0.1, 0.15) is 137 Å². The molecular formula is C45H54N6O6. The second-order valence-corrected chi connectivity index (χ2v) is 16.7. The number of methoxy groups -OCH3 is 2. The number of carbonyl (C=O) groups is 4. The quantitative estimate of drug-likeness (QED) is 0.231. The van der Waals surface area contributed by atoms with E-state index in [0.29, 0.717) is 42.9 Å². The number of likely N-dealkylation sites (tertiary alicyclic amines) is 2. The molecule has 7 rings (SSSR count). The molecule has 1 saturated carbocycles. The zero-order chi connectivity index (χ0) is 40.4. The largest absolute Gasteiger partial charge is 0.469 e. The van der Waals surface area contributed by atoms with Crippen LogP contribution in [0.4, 0.5) is 4.79 Å². The van der Waals surface area contributed by atoms with Crippen molar-refractivity contribution in [3.8, 4) is 23.7 Å². The van der Waals surface area contributed by atoms with Crippen molar-refractivity contribution in [2.24, 2.45) is 22.7 Å². The van der Waals surface area contributed by atoms with Gasteiger partial charge < -0.3 is 29.6 Å². The van der Waals surface area contributed by atoms with Crippen LogP contribution in [0.25, 0.3) is 0 Å². The summed E-state index contributed by atoms with van der Waals surface area (Å²) in [6.45, 7) is 9.01. The summed E-state index contributed by atoms with van der Waals surface area (Å²) in [6.07, 6.45) is 10.5. The van der Waals surface area contributed by atoms with Crippen molar-refractivity contribution in [1.82, 2.24) is 25.1 Å². The molecule has 1 aromatic carbocycles. The second kappa shape index (κ2) is 17.0. The molecule has 2 saturated heterocycles. The van der Waals surface area contributed by atoms with Crippen LogP contribution in [-0.2, 0) is 23.9 Å². The lowest BCUT2D eigenvalue weighted by atomic mass is 9.85. The van der Waals surface area contributed by atoms with E-state index in [9.17, 15) is 19.2 Å². The number of hydrogen-bond acceptors (Lipinski definition) is 8. The lowest BCUT2D eigenvalue weighted by Gasteiger charge is -2.30. The van der Waals surface area contributed by atoms with E-state index in [1.54, 1.807) is 11.1 Å². The maximum atomic E-state index is 13.7. The van der Waals surface area contributed by atoms with Gasteiger partial charge in [-0.3, -0.25) is 19.4 Å². The number of carbonyl (C=O) groups excluding carboxylic acids is 4. The Bertz CT molecular complexity index is 2110. The molecule has 0 spiro atoms. The van der Waals surface area contributed by atoms with Crippen LogP contribution in [0, 0.1) is 41.4 Å². The maximum Gasteiger partial charge on any atom is 0.407 e. The summed E-state index contributed by atoms with van der Waals surface area (Å²) in [6, 6.07) is 3.20. The van der Waals surface area contributed by atoms with Crippen LogP contribution in [0.15, 0.2) is 35.1 Å². The van der Waals surface area contributed by atoms with Gasteiger partial charge in [-0.15, -0.1) is 0 Å². The molecule has 2 aromatic rings. The van der Waals surface area contributed by atoms with E-state index in [4.69, 9.17) is 14.5 Å². The number of aromatic amines is 1. The highest BCUT2D eigenvalue weighted by molar-refractivity contribution is 5.98. The van der Waals surface area contributed by atoms with E-state index in [-0.39, 0.29) is 48.1 Å². The number of aliphatic imine (C=N–C) groups is 1. The molecule has 57 heavy (non-hydrogen) atoms. The van der Waals surface area contributed by atoms with Crippen molar-refractivity contribution in [2.75, 3.05) is 27.3 Å². The maximum absolute atomic E-state index is 13.7. The number of rotatable bonds is 9. The third-order valence-electron chi connectivity index (χ3n) is 12.5. The highest BCUT2D eigenvalue weighted by Crippen LogP contribution is 2.55. The summed E-state index contributed by atoms with van der Waals surface area (Å²) in [7, 11) is 2.65. The van der Waals surface area contributed by atoms with E-state index in [0.717, 1.165) is 67.4 Å². The van der Waals surface area contributed by atoms with Gasteiger partial charge in [0.25, 0.3) is 0 Å². The van der Waals surface area contributed by atoms with Crippen molar-refractivity contribution in [1.29, 1.82) is 0 Å². The van der Waals surface area contributed by atoms with Gasteiger partial charge in [-0.1, -0.05) is 45.5 Å². The van der Waals surface area contributed by atoms with Crippen LogP contribution in [-0.4, -0.2) is 88.7 Å². The molecule has 5 aliphatic rings. The summed E-state index contributed by atoms with van der Waals surface area (Å²) < 4.78 is 9.65. The van der Waals surface area contributed by atoms with Gasteiger partial charge in [0.05, 0.1) is 44.8 Å². The molecule has 6 atom stereocenters. The van der Waals surface area contributed by atoms with E-state index in [2.05, 4.69) is 51.1 Å². The normalized spacial score (nSPS) is 22.9. The van der Waals surface area contributed by atoms with Crippen molar-refractivity contribution in [3.63, 3.8) is 0 Å². The first-order valence-corrected chi connectivity index (χ1v) is 20.5. The Hall–Kier alpha value is -5.36. The predicted molar refractivity (Wildman–Crippen MR) is 215 cm³/mol. The zero-order valence-electron chi connectivity index (χ0n) is 33.9. The van der Waals surface area contributed by atoms with Crippen molar-refractivity contribution >= 4 is 29.6 Å². The third kappa shape index (κ3) is 8.23. The molecule has 2 aliphatic carbocycles. The summed E-state index contributed by atoms with van der Waals surface area (Å²) in [5.74, 6) is 14.3. The van der Waals surface area contributed by atoms with Gasteiger partial charge in [-0.05, 0) is 97.8 Å². The molecule has 12 nitrogen and oxygen atoms in total. The Balaban J connectivity index is 1.04.